The SMILES string of the molecule is COC(=O)C(=CCC1CO1)CC1CO1. The standard InChI is InChI=1S/C10H14O4/c1-12-10(11)7(4-9-6-14-9)2-3-8-5-13-8/h2,8-9H,3-6H2,1H3. The van der Waals surface area contributed by atoms with E-state index >= 15 is 0 Å². The van der Waals surface area contributed by atoms with Crippen LogP contribution in [0.4, 0.5) is 0 Å². The second-order valence-corrected chi connectivity index (χ2v) is 3.57. The number of esters is 1. The molecule has 2 saturated heterocycles. The molecule has 0 aliphatic carbocycles. The van der Waals surface area contributed by atoms with Crippen LogP contribution in [-0.2, 0) is 19.0 Å². The van der Waals surface area contributed by atoms with Gasteiger partial charge in [-0.3, -0.25) is 0 Å². The Kier molecular flexibility index (Phi) is 2.84. The molecule has 0 aromatic carbocycles. The van der Waals surface area contributed by atoms with Gasteiger partial charge < -0.3 is 14.2 Å². The van der Waals surface area contributed by atoms with Crippen molar-refractivity contribution in [2.75, 3.05) is 20.3 Å². The lowest BCUT2D eigenvalue weighted by Crippen LogP contribution is -2.07. The van der Waals surface area contributed by atoms with Crippen LogP contribution in [0.5, 0.6) is 0 Å². The number of hydrogen-bond donors (Lipinski definition) is 0. The second-order valence-electron chi connectivity index (χ2n) is 3.57. The summed E-state index contributed by atoms with van der Waals surface area (Å²) >= 11 is 0. The number of epoxide rings is 2. The molecule has 2 aliphatic heterocycles. The van der Waals surface area contributed by atoms with Gasteiger partial charge in [0.15, 0.2) is 0 Å². The van der Waals surface area contributed by atoms with Crippen molar-refractivity contribution in [3.63, 3.8) is 0 Å². The Bertz CT molecular complexity index is 251. The molecule has 0 bridgehead atoms. The third-order valence-electron chi connectivity index (χ3n) is 2.33. The summed E-state index contributed by atoms with van der Waals surface area (Å²) in [6.45, 7) is 1.57. The first-order valence-corrected chi connectivity index (χ1v) is 4.80. The van der Waals surface area contributed by atoms with E-state index in [9.17, 15) is 4.79 Å². The van der Waals surface area contributed by atoms with Crippen LogP contribution in [-0.4, -0.2) is 38.5 Å². The minimum atomic E-state index is -0.249. The highest BCUT2D eigenvalue weighted by Gasteiger charge is 2.27. The molecule has 0 N–H and O–H groups in total. The average Bonchev–Trinajstić information content (AvgIpc) is 3.03. The van der Waals surface area contributed by atoms with Crippen molar-refractivity contribution in [1.29, 1.82) is 0 Å². The van der Waals surface area contributed by atoms with E-state index < -0.39 is 0 Å². The summed E-state index contributed by atoms with van der Waals surface area (Å²) in [4.78, 5) is 11.3. The predicted octanol–water partition coefficient (Wildman–Crippen LogP) is 0.664. The van der Waals surface area contributed by atoms with E-state index in [0.717, 1.165) is 19.6 Å². The zero-order chi connectivity index (χ0) is 9.97. The van der Waals surface area contributed by atoms with E-state index in [4.69, 9.17) is 14.2 Å². The number of rotatable bonds is 5. The first kappa shape index (κ1) is 9.68. The lowest BCUT2D eigenvalue weighted by atomic mass is 10.1. The van der Waals surface area contributed by atoms with Crippen LogP contribution >= 0.6 is 0 Å². The van der Waals surface area contributed by atoms with Gasteiger partial charge in [-0.1, -0.05) is 6.08 Å². The third kappa shape index (κ3) is 2.82. The van der Waals surface area contributed by atoms with Crippen LogP contribution in [0.3, 0.4) is 0 Å². The zero-order valence-electron chi connectivity index (χ0n) is 8.19. The highest BCUT2D eigenvalue weighted by Crippen LogP contribution is 2.22. The van der Waals surface area contributed by atoms with E-state index in [-0.39, 0.29) is 12.1 Å². The molecule has 0 aromatic heterocycles. The van der Waals surface area contributed by atoms with E-state index in [1.54, 1.807) is 0 Å². The van der Waals surface area contributed by atoms with E-state index in [1.165, 1.54) is 7.11 Å². The molecule has 2 atom stereocenters. The van der Waals surface area contributed by atoms with E-state index in [2.05, 4.69) is 0 Å². The van der Waals surface area contributed by atoms with Gasteiger partial charge in [0.25, 0.3) is 0 Å². The maximum atomic E-state index is 11.3. The molecule has 0 saturated carbocycles. The molecule has 2 fully saturated rings. The highest BCUT2D eigenvalue weighted by atomic mass is 16.6. The maximum absolute atomic E-state index is 11.3. The zero-order valence-corrected chi connectivity index (χ0v) is 8.19. The minimum Gasteiger partial charge on any atom is -0.466 e. The van der Waals surface area contributed by atoms with Crippen molar-refractivity contribution in [2.45, 2.75) is 25.0 Å². The Morgan fingerprint density at radius 3 is 2.57 bits per heavy atom. The van der Waals surface area contributed by atoms with Crippen LogP contribution in [0.15, 0.2) is 11.6 Å². The lowest BCUT2D eigenvalue weighted by Gasteiger charge is -2.02. The quantitative estimate of drug-likeness (QED) is 0.370. The number of methoxy groups -OCH3 is 1. The summed E-state index contributed by atoms with van der Waals surface area (Å²) in [6, 6.07) is 0. The Hall–Kier alpha value is -0.870. The van der Waals surface area contributed by atoms with Crippen molar-refractivity contribution in [3.8, 4) is 0 Å². The predicted molar refractivity (Wildman–Crippen MR) is 48.8 cm³/mol. The molecule has 4 heteroatoms. The van der Waals surface area contributed by atoms with Gasteiger partial charge in [0, 0.05) is 12.0 Å². The van der Waals surface area contributed by atoms with Gasteiger partial charge in [0.2, 0.25) is 0 Å². The van der Waals surface area contributed by atoms with E-state index in [0.29, 0.717) is 18.1 Å². The van der Waals surface area contributed by atoms with Gasteiger partial charge in [0.1, 0.15) is 0 Å². The Balaban J connectivity index is 1.87. The summed E-state index contributed by atoms with van der Waals surface area (Å²) in [5.74, 6) is -0.249. The molecule has 2 aliphatic rings. The minimum absolute atomic E-state index is 0.223. The van der Waals surface area contributed by atoms with Crippen LogP contribution in [0.1, 0.15) is 12.8 Å². The lowest BCUT2D eigenvalue weighted by molar-refractivity contribution is -0.136. The number of ether oxygens (including phenoxy) is 3. The Morgan fingerprint density at radius 1 is 1.43 bits per heavy atom. The summed E-state index contributed by atoms with van der Waals surface area (Å²) < 4.78 is 14.8. The molecule has 0 amide bonds. The van der Waals surface area contributed by atoms with E-state index in [1.807, 2.05) is 6.08 Å². The molecule has 0 radical (unpaired) electrons. The second kappa shape index (κ2) is 4.11. The molecule has 78 valence electrons. The molecule has 0 spiro atoms. The highest BCUT2D eigenvalue weighted by molar-refractivity contribution is 5.88. The number of carbonyl (C=O) groups excluding carboxylic acids is 1. The molecule has 2 heterocycles. The molecule has 14 heavy (non-hydrogen) atoms. The summed E-state index contributed by atoms with van der Waals surface area (Å²) in [7, 11) is 1.40. The first-order chi connectivity index (χ1) is 6.79. The normalized spacial score (nSPS) is 29.9. The van der Waals surface area contributed by atoms with Crippen LogP contribution in [0.25, 0.3) is 0 Å². The molecule has 2 unspecified atom stereocenters. The van der Waals surface area contributed by atoms with Crippen LogP contribution in [0.2, 0.25) is 0 Å². The largest absolute Gasteiger partial charge is 0.466 e. The van der Waals surface area contributed by atoms with Crippen molar-refractivity contribution in [3.05, 3.63) is 11.6 Å². The smallest absolute Gasteiger partial charge is 0.333 e. The Labute approximate surface area is 82.8 Å². The van der Waals surface area contributed by atoms with Crippen LogP contribution in [0, 0.1) is 0 Å². The summed E-state index contributed by atoms with van der Waals surface area (Å²) in [5, 5.41) is 0. The van der Waals surface area contributed by atoms with Gasteiger partial charge in [-0.05, 0) is 6.42 Å². The topological polar surface area (TPSA) is 51.4 Å². The molecule has 2 rings (SSSR count). The fourth-order valence-corrected chi connectivity index (χ4v) is 1.29. The molecule has 0 aromatic rings. The maximum Gasteiger partial charge on any atom is 0.333 e. The van der Waals surface area contributed by atoms with Crippen molar-refractivity contribution in [2.24, 2.45) is 0 Å². The molecular weight excluding hydrogens is 184 g/mol. The summed E-state index contributed by atoms with van der Waals surface area (Å²) in [6.07, 6.45) is 3.91. The van der Waals surface area contributed by atoms with Gasteiger partial charge in [-0.2, -0.15) is 0 Å². The van der Waals surface area contributed by atoms with Crippen molar-refractivity contribution in [1.82, 2.24) is 0 Å². The van der Waals surface area contributed by atoms with Crippen molar-refractivity contribution < 1.29 is 19.0 Å². The first-order valence-electron chi connectivity index (χ1n) is 4.80. The van der Waals surface area contributed by atoms with Gasteiger partial charge in [-0.25, -0.2) is 4.79 Å². The summed E-state index contributed by atoms with van der Waals surface area (Å²) in [5.41, 5.74) is 0.713. The van der Waals surface area contributed by atoms with Crippen LogP contribution < -0.4 is 0 Å². The van der Waals surface area contributed by atoms with Gasteiger partial charge in [0.05, 0.1) is 32.5 Å². The third-order valence-corrected chi connectivity index (χ3v) is 2.33. The molecule has 4 nitrogen and oxygen atoms in total. The molecular formula is C10H14O4. The number of carbonyl (C=O) groups is 1. The monoisotopic (exact) mass is 198 g/mol. The number of hydrogen-bond acceptors (Lipinski definition) is 4. The van der Waals surface area contributed by atoms with Gasteiger partial charge >= 0.3 is 5.97 Å². The fourth-order valence-electron chi connectivity index (χ4n) is 1.29. The average molecular weight is 198 g/mol. The fraction of sp³-hybridized carbons (Fsp3) is 0.700. The van der Waals surface area contributed by atoms with Crippen molar-refractivity contribution >= 4 is 5.97 Å². The van der Waals surface area contributed by atoms with Gasteiger partial charge in [-0.15, -0.1) is 0 Å². The Morgan fingerprint density at radius 2 is 2.07 bits per heavy atom.